The van der Waals surface area contributed by atoms with E-state index in [4.69, 9.17) is 43.0 Å². The Balaban J connectivity index is 2.76. The van der Waals surface area contributed by atoms with Gasteiger partial charge in [-0.2, -0.15) is 0 Å². The predicted octanol–water partition coefficient (Wildman–Crippen LogP) is -0.959. The van der Waals surface area contributed by atoms with Gasteiger partial charge in [0.2, 0.25) is 5.91 Å². The smallest absolute Gasteiger partial charge is 0.329 e. The van der Waals surface area contributed by atoms with Gasteiger partial charge in [-0.05, 0) is 0 Å². The standard InChI is InChI=1S/C23H37NO14/c1-14(25)24-21-22(37-17(4)28)18(11-35-15(2)26)19(12-36-16(3)27)38-23(21)34-10-9-32-6-5-31-7-8-33-13-20(29)30/h18-19,21-23H,5-13H2,1-4H3,(H,24,25)(H,29,30)/t18-,19+,21+,22-,23+/m0/s1. The summed E-state index contributed by atoms with van der Waals surface area (Å²) in [5.74, 6) is -4.10. The highest BCUT2D eigenvalue weighted by Gasteiger charge is 2.49. The van der Waals surface area contributed by atoms with E-state index in [2.05, 4.69) is 5.32 Å². The van der Waals surface area contributed by atoms with E-state index >= 15 is 0 Å². The first kappa shape index (κ1) is 33.2. The molecule has 15 heteroatoms. The number of amides is 1. The normalized spacial score (nSPS) is 22.8. The molecule has 38 heavy (non-hydrogen) atoms. The molecule has 0 aromatic carbocycles. The molecular weight excluding hydrogens is 514 g/mol. The van der Waals surface area contributed by atoms with Crippen molar-refractivity contribution in [3.63, 3.8) is 0 Å². The van der Waals surface area contributed by atoms with Gasteiger partial charge in [0, 0.05) is 27.7 Å². The highest BCUT2D eigenvalue weighted by Crippen LogP contribution is 2.30. The molecule has 0 saturated carbocycles. The molecule has 1 rings (SSSR count). The molecule has 0 radical (unpaired) electrons. The van der Waals surface area contributed by atoms with Crippen LogP contribution in [-0.4, -0.2) is 119 Å². The Morgan fingerprint density at radius 3 is 1.84 bits per heavy atom. The highest BCUT2D eigenvalue weighted by molar-refractivity contribution is 5.73. The summed E-state index contributed by atoms with van der Waals surface area (Å²) < 4.78 is 43.0. The van der Waals surface area contributed by atoms with Gasteiger partial charge in [0.25, 0.3) is 0 Å². The molecule has 15 nitrogen and oxygen atoms in total. The van der Waals surface area contributed by atoms with Gasteiger partial charge in [-0.3, -0.25) is 19.2 Å². The molecule has 2 N–H and O–H groups in total. The third kappa shape index (κ3) is 14.2. The molecule has 5 atom stereocenters. The topological polar surface area (TPSA) is 191 Å². The summed E-state index contributed by atoms with van der Waals surface area (Å²) in [5.41, 5.74) is 0. The van der Waals surface area contributed by atoms with E-state index in [1.165, 1.54) is 27.7 Å². The summed E-state index contributed by atoms with van der Waals surface area (Å²) in [6, 6.07) is -0.973. The van der Waals surface area contributed by atoms with E-state index in [-0.39, 0.29) is 52.9 Å². The first-order valence-corrected chi connectivity index (χ1v) is 11.9. The van der Waals surface area contributed by atoms with E-state index in [0.29, 0.717) is 0 Å². The fraction of sp³-hybridized carbons (Fsp3) is 0.783. The Kier molecular flexibility index (Phi) is 16.1. The highest BCUT2D eigenvalue weighted by atomic mass is 16.7. The van der Waals surface area contributed by atoms with Crippen LogP contribution >= 0.6 is 0 Å². The predicted molar refractivity (Wildman–Crippen MR) is 125 cm³/mol. The quantitative estimate of drug-likeness (QED) is 0.120. The molecule has 0 aromatic rings. The summed E-state index contributed by atoms with van der Waals surface area (Å²) in [7, 11) is 0. The lowest BCUT2D eigenvalue weighted by atomic mass is 9.87. The van der Waals surface area contributed by atoms with E-state index in [0.717, 1.165) is 0 Å². The van der Waals surface area contributed by atoms with Gasteiger partial charge in [0.05, 0.1) is 45.6 Å². The number of carbonyl (C=O) groups excluding carboxylic acids is 4. The summed E-state index contributed by atoms with van der Waals surface area (Å²) in [6.45, 7) is 4.95. The first-order valence-electron chi connectivity index (χ1n) is 11.9. The van der Waals surface area contributed by atoms with Crippen LogP contribution < -0.4 is 5.32 Å². The number of aliphatic carboxylic acids is 1. The maximum Gasteiger partial charge on any atom is 0.329 e. The van der Waals surface area contributed by atoms with Crippen LogP contribution in [0.1, 0.15) is 27.7 Å². The second-order valence-electron chi connectivity index (χ2n) is 8.15. The third-order valence-corrected chi connectivity index (χ3v) is 4.94. The molecule has 1 heterocycles. The monoisotopic (exact) mass is 551 g/mol. The summed E-state index contributed by atoms with van der Waals surface area (Å²) >= 11 is 0. The minimum absolute atomic E-state index is 0.0180. The molecule has 218 valence electrons. The van der Waals surface area contributed by atoms with E-state index < -0.39 is 66.8 Å². The molecule has 0 aromatic heterocycles. The number of hydrogen-bond acceptors (Lipinski definition) is 13. The van der Waals surface area contributed by atoms with Gasteiger partial charge in [0.1, 0.15) is 38.1 Å². The lowest BCUT2D eigenvalue weighted by molar-refractivity contribution is -0.268. The number of rotatable bonds is 18. The van der Waals surface area contributed by atoms with Crippen molar-refractivity contribution in [3.8, 4) is 0 Å². The summed E-state index contributed by atoms with van der Waals surface area (Å²) in [4.78, 5) is 57.1. The van der Waals surface area contributed by atoms with Crippen LogP contribution in [0, 0.1) is 5.92 Å². The zero-order valence-electron chi connectivity index (χ0n) is 22.0. The zero-order valence-corrected chi connectivity index (χ0v) is 22.0. The average Bonchev–Trinajstić information content (AvgIpc) is 2.81. The second kappa shape index (κ2) is 18.4. The lowest BCUT2D eigenvalue weighted by Crippen LogP contribution is -2.64. The fourth-order valence-corrected chi connectivity index (χ4v) is 3.47. The van der Waals surface area contributed by atoms with Crippen LogP contribution in [0.15, 0.2) is 0 Å². The Morgan fingerprint density at radius 2 is 1.32 bits per heavy atom. The van der Waals surface area contributed by atoms with Gasteiger partial charge in [-0.1, -0.05) is 0 Å². The molecule has 0 aliphatic carbocycles. The van der Waals surface area contributed by atoms with Crippen LogP contribution in [0.25, 0.3) is 0 Å². The number of esters is 3. The van der Waals surface area contributed by atoms with Crippen LogP contribution in [-0.2, 0) is 61.9 Å². The van der Waals surface area contributed by atoms with Crippen molar-refractivity contribution in [2.24, 2.45) is 5.92 Å². The van der Waals surface area contributed by atoms with Crippen LogP contribution in [0.2, 0.25) is 0 Å². The molecule has 0 spiro atoms. The Bertz CT molecular complexity index is 775. The van der Waals surface area contributed by atoms with E-state index in [1.54, 1.807) is 0 Å². The van der Waals surface area contributed by atoms with Gasteiger partial charge in [0.15, 0.2) is 6.29 Å². The Labute approximate surface area is 220 Å². The van der Waals surface area contributed by atoms with Crippen molar-refractivity contribution in [2.75, 3.05) is 59.5 Å². The van der Waals surface area contributed by atoms with Crippen LogP contribution in [0.4, 0.5) is 0 Å². The van der Waals surface area contributed by atoms with Gasteiger partial charge < -0.3 is 48.3 Å². The molecule has 1 amide bonds. The molecule has 1 fully saturated rings. The minimum Gasteiger partial charge on any atom is -0.480 e. The number of ether oxygens (including phenoxy) is 8. The lowest BCUT2D eigenvalue weighted by Gasteiger charge is -2.45. The third-order valence-electron chi connectivity index (χ3n) is 4.94. The molecule has 1 saturated heterocycles. The first-order chi connectivity index (χ1) is 18.0. The maximum absolute atomic E-state index is 11.9. The van der Waals surface area contributed by atoms with Crippen molar-refractivity contribution < 1.29 is 67.0 Å². The van der Waals surface area contributed by atoms with Gasteiger partial charge in [-0.25, -0.2) is 4.79 Å². The zero-order chi connectivity index (χ0) is 28.5. The second-order valence-corrected chi connectivity index (χ2v) is 8.15. The molecule has 1 aliphatic rings. The van der Waals surface area contributed by atoms with Crippen LogP contribution in [0.5, 0.6) is 0 Å². The van der Waals surface area contributed by atoms with Crippen LogP contribution in [0.3, 0.4) is 0 Å². The number of nitrogens with one attached hydrogen (secondary N) is 1. The fourth-order valence-electron chi connectivity index (χ4n) is 3.47. The molecular formula is C23H37NO14. The van der Waals surface area contributed by atoms with Gasteiger partial charge in [-0.15, -0.1) is 0 Å². The van der Waals surface area contributed by atoms with Crippen molar-refractivity contribution in [1.82, 2.24) is 5.32 Å². The van der Waals surface area contributed by atoms with Crippen molar-refractivity contribution >= 4 is 29.8 Å². The molecule has 0 bridgehead atoms. The van der Waals surface area contributed by atoms with E-state index in [9.17, 15) is 24.0 Å². The van der Waals surface area contributed by atoms with Crippen molar-refractivity contribution in [2.45, 2.75) is 52.2 Å². The summed E-state index contributed by atoms with van der Waals surface area (Å²) in [5, 5.41) is 11.1. The number of hydrogen-bond donors (Lipinski definition) is 2. The number of carboxylic acid groups (broad SMARTS) is 1. The summed E-state index contributed by atoms with van der Waals surface area (Å²) in [6.07, 6.45) is -3.05. The Hall–Kier alpha value is -2.85. The van der Waals surface area contributed by atoms with Gasteiger partial charge >= 0.3 is 23.9 Å². The van der Waals surface area contributed by atoms with E-state index in [1.807, 2.05) is 0 Å². The maximum atomic E-state index is 11.9. The molecule has 0 unspecified atom stereocenters. The Morgan fingerprint density at radius 1 is 0.763 bits per heavy atom. The molecule has 1 aliphatic heterocycles. The average molecular weight is 552 g/mol. The SMILES string of the molecule is CC(=O)N[C@H]1[C@H](OCCOCCOCCOCC(=O)O)O[C@H](COC(C)=O)[C@H](COC(C)=O)[C@@H]1OC(C)=O. The minimum atomic E-state index is -1.12. The number of carbonyl (C=O) groups is 5. The van der Waals surface area contributed by atoms with Crippen molar-refractivity contribution in [1.29, 1.82) is 0 Å². The largest absolute Gasteiger partial charge is 0.480 e. The van der Waals surface area contributed by atoms with Crippen molar-refractivity contribution in [3.05, 3.63) is 0 Å². The number of carboxylic acids is 1.